The molecule has 0 radical (unpaired) electrons. The van der Waals surface area contributed by atoms with Crippen molar-refractivity contribution < 1.29 is 28.9 Å². The van der Waals surface area contributed by atoms with Crippen LogP contribution in [-0.4, -0.2) is 38.1 Å². The lowest BCUT2D eigenvalue weighted by atomic mass is 9.95. The number of ether oxygens (including phenoxy) is 3. The Kier molecular flexibility index (Phi) is 5.46. The number of aliphatic hydroxyl groups is 1. The summed E-state index contributed by atoms with van der Waals surface area (Å²) in [5.41, 5.74) is 0.785. The molecule has 2 aromatic carbocycles. The Morgan fingerprint density at radius 1 is 1.00 bits per heavy atom. The van der Waals surface area contributed by atoms with Crippen molar-refractivity contribution in [3.8, 4) is 17.2 Å². The number of methoxy groups -OCH3 is 3. The zero-order valence-corrected chi connectivity index (χ0v) is 16.2. The van der Waals surface area contributed by atoms with Crippen molar-refractivity contribution in [2.24, 2.45) is 0 Å². The highest BCUT2D eigenvalue weighted by Gasteiger charge is 2.40. The van der Waals surface area contributed by atoms with Gasteiger partial charge < -0.3 is 24.6 Å². The Balaban J connectivity index is 2.17. The van der Waals surface area contributed by atoms with E-state index < -0.39 is 17.7 Å². The number of halogens is 1. The molecule has 8 heteroatoms. The van der Waals surface area contributed by atoms with E-state index in [2.05, 4.69) is 5.32 Å². The summed E-state index contributed by atoms with van der Waals surface area (Å²) < 4.78 is 16.0. The van der Waals surface area contributed by atoms with Crippen molar-refractivity contribution in [2.75, 3.05) is 21.3 Å². The summed E-state index contributed by atoms with van der Waals surface area (Å²) in [5.74, 6) is -0.845. The van der Waals surface area contributed by atoms with Crippen molar-refractivity contribution in [1.29, 1.82) is 0 Å². The standard InChI is InChI=1S/C20H18ClNO6/c1-26-13-8-11(9-14(27-2)19(13)28-3)16-15(18(24)20(25)22-16)17(23)10-4-6-12(21)7-5-10/h4-9,16,23H,1-3H3,(H,22,25)/t16-/m0/s1. The van der Waals surface area contributed by atoms with Gasteiger partial charge in [0.05, 0.1) is 32.9 Å². The third-order valence-corrected chi connectivity index (χ3v) is 4.66. The molecular formula is C20H18ClNO6. The number of rotatable bonds is 5. The van der Waals surface area contributed by atoms with Crippen LogP contribution in [0.5, 0.6) is 17.2 Å². The summed E-state index contributed by atoms with van der Waals surface area (Å²) >= 11 is 5.88. The normalized spacial score (nSPS) is 17.9. The summed E-state index contributed by atoms with van der Waals surface area (Å²) in [6.07, 6.45) is 0. The second-order valence-electron chi connectivity index (χ2n) is 5.96. The number of carbonyl (C=O) groups is 2. The van der Waals surface area contributed by atoms with Gasteiger partial charge in [0.15, 0.2) is 11.5 Å². The number of ketones is 1. The maximum atomic E-state index is 12.5. The molecule has 1 fully saturated rings. The van der Waals surface area contributed by atoms with Crippen LogP contribution in [0.2, 0.25) is 5.02 Å². The van der Waals surface area contributed by atoms with Crippen LogP contribution in [0.1, 0.15) is 17.2 Å². The second-order valence-corrected chi connectivity index (χ2v) is 6.40. The van der Waals surface area contributed by atoms with Crippen LogP contribution in [0.25, 0.3) is 5.76 Å². The van der Waals surface area contributed by atoms with Gasteiger partial charge >= 0.3 is 0 Å². The Hall–Kier alpha value is -3.19. The number of hydrogen-bond donors (Lipinski definition) is 2. The van der Waals surface area contributed by atoms with E-state index in [-0.39, 0.29) is 11.3 Å². The lowest BCUT2D eigenvalue weighted by Gasteiger charge is -2.18. The average Bonchev–Trinajstić information content (AvgIpc) is 3.01. The predicted molar refractivity (Wildman–Crippen MR) is 103 cm³/mol. The molecule has 1 saturated heterocycles. The third kappa shape index (κ3) is 3.36. The van der Waals surface area contributed by atoms with E-state index in [1.165, 1.54) is 21.3 Å². The lowest BCUT2D eigenvalue weighted by molar-refractivity contribution is -0.133. The largest absolute Gasteiger partial charge is 0.507 e. The second kappa shape index (κ2) is 7.82. The highest BCUT2D eigenvalue weighted by molar-refractivity contribution is 6.46. The van der Waals surface area contributed by atoms with E-state index in [4.69, 9.17) is 25.8 Å². The number of nitrogens with one attached hydrogen (secondary N) is 1. The monoisotopic (exact) mass is 403 g/mol. The molecule has 146 valence electrons. The van der Waals surface area contributed by atoms with Crippen LogP contribution < -0.4 is 19.5 Å². The highest BCUT2D eigenvalue weighted by atomic mass is 35.5. The van der Waals surface area contributed by atoms with E-state index in [1.54, 1.807) is 36.4 Å². The van der Waals surface area contributed by atoms with E-state index in [9.17, 15) is 14.7 Å². The minimum Gasteiger partial charge on any atom is -0.507 e. The van der Waals surface area contributed by atoms with Gasteiger partial charge in [0.25, 0.3) is 11.7 Å². The first-order valence-electron chi connectivity index (χ1n) is 8.25. The number of amides is 1. The topological polar surface area (TPSA) is 94.1 Å². The fourth-order valence-electron chi connectivity index (χ4n) is 3.05. The molecule has 1 amide bonds. The van der Waals surface area contributed by atoms with E-state index >= 15 is 0 Å². The van der Waals surface area contributed by atoms with Gasteiger partial charge in [-0.3, -0.25) is 9.59 Å². The number of carbonyl (C=O) groups excluding carboxylic acids is 2. The minimum absolute atomic E-state index is 0.0680. The maximum Gasteiger partial charge on any atom is 0.293 e. The van der Waals surface area contributed by atoms with Crippen molar-refractivity contribution >= 4 is 29.1 Å². The van der Waals surface area contributed by atoms with Crippen LogP contribution >= 0.6 is 11.6 Å². The van der Waals surface area contributed by atoms with E-state index in [1.807, 2.05) is 0 Å². The van der Waals surface area contributed by atoms with Crippen LogP contribution in [0.15, 0.2) is 42.0 Å². The SMILES string of the molecule is COc1cc([C@@H]2NC(=O)C(=O)C2=C(O)c2ccc(Cl)cc2)cc(OC)c1OC. The summed E-state index contributed by atoms with van der Waals surface area (Å²) in [6.45, 7) is 0. The smallest absolute Gasteiger partial charge is 0.293 e. The van der Waals surface area contributed by atoms with E-state index in [0.717, 1.165) is 0 Å². The summed E-state index contributed by atoms with van der Waals surface area (Å²) in [7, 11) is 4.39. The molecule has 2 N–H and O–H groups in total. The number of benzene rings is 2. The summed E-state index contributed by atoms with van der Waals surface area (Å²) in [5, 5.41) is 13.8. The summed E-state index contributed by atoms with van der Waals surface area (Å²) in [4.78, 5) is 24.5. The van der Waals surface area contributed by atoms with E-state index in [0.29, 0.717) is 33.4 Å². The molecule has 0 aliphatic carbocycles. The van der Waals surface area contributed by atoms with Gasteiger partial charge in [-0.05, 0) is 42.0 Å². The van der Waals surface area contributed by atoms with Crippen molar-refractivity contribution in [3.05, 3.63) is 58.1 Å². The molecule has 1 atom stereocenters. The molecule has 2 aromatic rings. The third-order valence-electron chi connectivity index (χ3n) is 4.41. The van der Waals surface area contributed by atoms with Crippen LogP contribution in [-0.2, 0) is 9.59 Å². The molecule has 7 nitrogen and oxygen atoms in total. The van der Waals surface area contributed by atoms with Gasteiger partial charge in [0.1, 0.15) is 5.76 Å². The van der Waals surface area contributed by atoms with Crippen LogP contribution in [0.3, 0.4) is 0 Å². The van der Waals surface area contributed by atoms with Gasteiger partial charge in [-0.25, -0.2) is 0 Å². The Bertz CT molecular complexity index is 942. The number of Topliss-reactive ketones (excluding diaryl/α,β-unsaturated/α-hetero) is 1. The highest BCUT2D eigenvalue weighted by Crippen LogP contribution is 2.42. The zero-order valence-electron chi connectivity index (χ0n) is 15.4. The molecule has 0 bridgehead atoms. The molecule has 0 spiro atoms. The maximum absolute atomic E-state index is 12.5. The number of aliphatic hydroxyl groups excluding tert-OH is 1. The average molecular weight is 404 g/mol. The van der Waals surface area contributed by atoms with Gasteiger partial charge in [0.2, 0.25) is 5.75 Å². The predicted octanol–water partition coefficient (Wildman–Crippen LogP) is 3.08. The molecule has 1 aliphatic rings. The Morgan fingerprint density at radius 3 is 2.07 bits per heavy atom. The number of hydrogen-bond acceptors (Lipinski definition) is 6. The van der Waals surface area contributed by atoms with Crippen molar-refractivity contribution in [2.45, 2.75) is 6.04 Å². The fourth-order valence-corrected chi connectivity index (χ4v) is 3.17. The molecule has 0 aromatic heterocycles. The molecule has 0 saturated carbocycles. The molecular weight excluding hydrogens is 386 g/mol. The first-order chi connectivity index (χ1) is 13.4. The fraction of sp³-hybridized carbons (Fsp3) is 0.200. The Morgan fingerprint density at radius 2 is 1.57 bits per heavy atom. The van der Waals surface area contributed by atoms with Gasteiger partial charge in [0, 0.05) is 10.6 Å². The molecule has 1 heterocycles. The first-order valence-corrected chi connectivity index (χ1v) is 8.63. The molecule has 0 unspecified atom stereocenters. The summed E-state index contributed by atoms with van der Waals surface area (Å²) in [6, 6.07) is 8.62. The van der Waals surface area contributed by atoms with Crippen molar-refractivity contribution in [1.82, 2.24) is 5.32 Å². The van der Waals surface area contributed by atoms with Crippen molar-refractivity contribution in [3.63, 3.8) is 0 Å². The quantitative estimate of drug-likeness (QED) is 0.452. The van der Waals surface area contributed by atoms with Gasteiger partial charge in [-0.1, -0.05) is 11.6 Å². The van der Waals surface area contributed by atoms with Gasteiger partial charge in [-0.15, -0.1) is 0 Å². The Labute approximate surface area is 166 Å². The van der Waals surface area contributed by atoms with Gasteiger partial charge in [-0.2, -0.15) is 0 Å². The molecule has 1 aliphatic heterocycles. The lowest BCUT2D eigenvalue weighted by Crippen LogP contribution is -2.21. The zero-order chi connectivity index (χ0) is 20.4. The van der Waals surface area contributed by atoms with Crippen LogP contribution in [0, 0.1) is 0 Å². The molecule has 3 rings (SSSR count). The minimum atomic E-state index is -0.885. The molecule has 28 heavy (non-hydrogen) atoms. The van der Waals surface area contributed by atoms with Crippen LogP contribution in [0.4, 0.5) is 0 Å². The first kappa shape index (κ1) is 19.6.